The van der Waals surface area contributed by atoms with Crippen molar-refractivity contribution in [3.63, 3.8) is 0 Å². The highest BCUT2D eigenvalue weighted by Gasteiger charge is 2.22. The van der Waals surface area contributed by atoms with Gasteiger partial charge in [-0.3, -0.25) is 14.4 Å². The van der Waals surface area contributed by atoms with Gasteiger partial charge in [-0.05, 0) is 42.5 Å². The number of thiazole rings is 1. The topological polar surface area (TPSA) is 51.0 Å². The minimum absolute atomic E-state index is 0.224. The Morgan fingerprint density at radius 3 is 2.70 bits per heavy atom. The van der Waals surface area contributed by atoms with Gasteiger partial charge in [-0.15, -0.1) is 0 Å². The minimum Gasteiger partial charge on any atom is -0.282 e. The first-order valence-electron chi connectivity index (χ1n) is 8.22. The van der Waals surface area contributed by atoms with Gasteiger partial charge in [0.25, 0.3) is 5.91 Å². The lowest BCUT2D eigenvalue weighted by molar-refractivity contribution is 0.0986. The molecule has 2 aromatic carbocycles. The number of anilines is 1. The van der Waals surface area contributed by atoms with Crippen LogP contribution in [-0.4, -0.2) is 27.2 Å². The molecule has 0 fully saturated rings. The molecular weight excluding hydrogens is 387 g/mol. The first-order chi connectivity index (χ1) is 13.1. The predicted octanol–water partition coefficient (Wildman–Crippen LogP) is 4.63. The summed E-state index contributed by atoms with van der Waals surface area (Å²) in [5.41, 5.74) is 0.755. The monoisotopic (exact) mass is 400 g/mol. The van der Waals surface area contributed by atoms with Gasteiger partial charge in [0.2, 0.25) is 0 Å². The Labute approximate surface area is 163 Å². The quantitative estimate of drug-likeness (QED) is 0.490. The van der Waals surface area contributed by atoms with Crippen LogP contribution in [0.3, 0.4) is 0 Å². The summed E-state index contributed by atoms with van der Waals surface area (Å²) in [5, 5.41) is 5.17. The third-order valence-corrected chi connectivity index (χ3v) is 5.33. The summed E-state index contributed by atoms with van der Waals surface area (Å²) < 4.78 is 16.5. The van der Waals surface area contributed by atoms with Crippen LogP contribution in [0.1, 0.15) is 10.4 Å². The van der Waals surface area contributed by atoms with Crippen LogP contribution in [0, 0.1) is 5.82 Å². The van der Waals surface area contributed by atoms with Crippen molar-refractivity contribution in [1.29, 1.82) is 0 Å². The van der Waals surface area contributed by atoms with Crippen LogP contribution in [0.2, 0.25) is 5.02 Å². The zero-order chi connectivity index (χ0) is 18.8. The zero-order valence-corrected chi connectivity index (χ0v) is 15.6. The van der Waals surface area contributed by atoms with Gasteiger partial charge >= 0.3 is 0 Å². The lowest BCUT2D eigenvalue weighted by Crippen LogP contribution is -2.34. The second-order valence-electron chi connectivity index (χ2n) is 5.82. The molecule has 4 aromatic rings. The molecular formula is C19H14ClFN4OS. The first-order valence-corrected chi connectivity index (χ1v) is 9.41. The zero-order valence-electron chi connectivity index (χ0n) is 14.0. The Bertz CT molecular complexity index is 1080. The molecule has 2 heterocycles. The molecule has 4 rings (SSSR count). The Kier molecular flexibility index (Phi) is 4.87. The molecule has 0 aliphatic heterocycles. The van der Waals surface area contributed by atoms with Crippen LogP contribution in [0.4, 0.5) is 9.52 Å². The molecule has 0 aliphatic rings. The highest BCUT2D eigenvalue weighted by atomic mass is 35.5. The number of carbonyl (C=O) groups excluding carboxylic acids is 1. The fraction of sp³-hybridized carbons (Fsp3) is 0.105. The van der Waals surface area contributed by atoms with Crippen molar-refractivity contribution in [3.8, 4) is 0 Å². The fourth-order valence-corrected chi connectivity index (χ4v) is 3.82. The van der Waals surface area contributed by atoms with E-state index in [1.54, 1.807) is 52.2 Å². The maximum absolute atomic E-state index is 14.1. The van der Waals surface area contributed by atoms with E-state index >= 15 is 0 Å². The standard InChI is InChI=1S/C19H14ClFN4OS/c20-14-7-5-13(6-8-14)18(26)25(12-11-24-10-2-9-22-24)19-23-17-15(21)3-1-4-16(17)27-19/h1-10H,11-12H2. The Morgan fingerprint density at radius 1 is 1.19 bits per heavy atom. The minimum atomic E-state index is -0.402. The van der Waals surface area contributed by atoms with Crippen LogP contribution < -0.4 is 4.90 Å². The van der Waals surface area contributed by atoms with E-state index in [0.717, 1.165) is 0 Å². The van der Waals surface area contributed by atoms with Crippen molar-refractivity contribution in [3.05, 3.63) is 77.3 Å². The average molecular weight is 401 g/mol. The van der Waals surface area contributed by atoms with E-state index in [-0.39, 0.29) is 11.4 Å². The Hall–Kier alpha value is -2.77. The maximum atomic E-state index is 14.1. The number of hydrogen-bond donors (Lipinski definition) is 0. The summed E-state index contributed by atoms with van der Waals surface area (Å²) in [7, 11) is 0. The van der Waals surface area contributed by atoms with Crippen LogP contribution in [0.15, 0.2) is 60.9 Å². The largest absolute Gasteiger partial charge is 0.282 e. The van der Waals surface area contributed by atoms with E-state index in [2.05, 4.69) is 10.1 Å². The van der Waals surface area contributed by atoms with Crippen molar-refractivity contribution in [1.82, 2.24) is 14.8 Å². The van der Waals surface area contributed by atoms with Crippen molar-refractivity contribution in [2.45, 2.75) is 6.54 Å². The number of fused-ring (bicyclic) bond motifs is 1. The Balaban J connectivity index is 1.70. The van der Waals surface area contributed by atoms with Crippen LogP contribution in [0.5, 0.6) is 0 Å². The number of nitrogens with zero attached hydrogens (tertiary/aromatic N) is 4. The van der Waals surface area contributed by atoms with Gasteiger partial charge in [0.1, 0.15) is 11.3 Å². The third kappa shape index (κ3) is 3.70. The molecule has 0 atom stereocenters. The summed E-state index contributed by atoms with van der Waals surface area (Å²) in [5.74, 6) is -0.626. The van der Waals surface area contributed by atoms with Crippen molar-refractivity contribution in [2.24, 2.45) is 0 Å². The van der Waals surface area contributed by atoms with Crippen molar-refractivity contribution < 1.29 is 9.18 Å². The van der Waals surface area contributed by atoms with Crippen LogP contribution in [0.25, 0.3) is 10.2 Å². The predicted molar refractivity (Wildman–Crippen MR) is 105 cm³/mol. The van der Waals surface area contributed by atoms with Crippen LogP contribution >= 0.6 is 22.9 Å². The average Bonchev–Trinajstić information content (AvgIpc) is 3.33. The van der Waals surface area contributed by atoms with Gasteiger partial charge in [-0.25, -0.2) is 9.37 Å². The van der Waals surface area contributed by atoms with Gasteiger partial charge in [-0.1, -0.05) is 29.0 Å². The summed E-state index contributed by atoms with van der Waals surface area (Å²) in [6.45, 7) is 0.843. The smallest absolute Gasteiger partial charge is 0.260 e. The number of halogens is 2. The van der Waals surface area contributed by atoms with E-state index < -0.39 is 5.82 Å². The summed E-state index contributed by atoms with van der Waals surface area (Å²) in [6.07, 6.45) is 3.50. The first kappa shape index (κ1) is 17.6. The summed E-state index contributed by atoms with van der Waals surface area (Å²) >= 11 is 7.21. The highest BCUT2D eigenvalue weighted by Crippen LogP contribution is 2.31. The molecule has 0 N–H and O–H groups in total. The normalized spacial score (nSPS) is 11.0. The number of hydrogen-bond acceptors (Lipinski definition) is 4. The van der Waals surface area contributed by atoms with E-state index in [1.165, 1.54) is 17.4 Å². The highest BCUT2D eigenvalue weighted by molar-refractivity contribution is 7.22. The second-order valence-corrected chi connectivity index (χ2v) is 7.26. The fourth-order valence-electron chi connectivity index (χ4n) is 2.69. The maximum Gasteiger partial charge on any atom is 0.260 e. The van der Waals surface area contributed by atoms with Gasteiger partial charge in [0, 0.05) is 29.5 Å². The molecule has 8 heteroatoms. The van der Waals surface area contributed by atoms with Crippen molar-refractivity contribution >= 4 is 44.2 Å². The molecule has 0 saturated heterocycles. The molecule has 136 valence electrons. The Morgan fingerprint density at radius 2 is 2.00 bits per heavy atom. The van der Waals surface area contributed by atoms with E-state index in [9.17, 15) is 9.18 Å². The molecule has 0 aliphatic carbocycles. The molecule has 0 unspecified atom stereocenters. The summed E-state index contributed by atoms with van der Waals surface area (Å²) in [6, 6.07) is 13.3. The van der Waals surface area contributed by atoms with Gasteiger partial charge in [0.05, 0.1) is 11.2 Å². The van der Waals surface area contributed by atoms with E-state index in [4.69, 9.17) is 11.6 Å². The number of para-hydroxylation sites is 1. The van der Waals surface area contributed by atoms with Gasteiger partial charge in [0.15, 0.2) is 5.13 Å². The molecule has 0 radical (unpaired) electrons. The van der Waals surface area contributed by atoms with E-state index in [0.29, 0.717) is 33.5 Å². The van der Waals surface area contributed by atoms with Gasteiger partial charge < -0.3 is 0 Å². The van der Waals surface area contributed by atoms with Crippen molar-refractivity contribution in [2.75, 3.05) is 11.4 Å². The molecule has 5 nitrogen and oxygen atoms in total. The molecule has 27 heavy (non-hydrogen) atoms. The number of benzene rings is 2. The number of carbonyl (C=O) groups is 1. The summed E-state index contributed by atoms with van der Waals surface area (Å²) in [4.78, 5) is 19.0. The number of amides is 1. The van der Waals surface area contributed by atoms with E-state index in [1.807, 2.05) is 12.3 Å². The lowest BCUT2D eigenvalue weighted by atomic mass is 10.2. The molecule has 2 aromatic heterocycles. The molecule has 0 bridgehead atoms. The molecule has 0 saturated carbocycles. The SMILES string of the molecule is O=C(c1ccc(Cl)cc1)N(CCn1cccn1)c1nc2c(F)cccc2s1. The second kappa shape index (κ2) is 7.46. The lowest BCUT2D eigenvalue weighted by Gasteiger charge is -2.20. The molecule has 1 amide bonds. The van der Waals surface area contributed by atoms with Crippen LogP contribution in [-0.2, 0) is 6.54 Å². The third-order valence-electron chi connectivity index (χ3n) is 4.04. The number of aromatic nitrogens is 3. The van der Waals surface area contributed by atoms with Gasteiger partial charge in [-0.2, -0.15) is 5.10 Å². The molecule has 0 spiro atoms. The number of rotatable bonds is 5.